The average Bonchev–Trinajstić information content (AvgIpc) is 2.89. The molecule has 9 atom stereocenters. The molecule has 4 nitrogen and oxygen atoms in total. The molecule has 0 aromatic rings. The molecule has 0 radical (unpaired) electrons. The van der Waals surface area contributed by atoms with Gasteiger partial charge in [0, 0.05) is 0 Å². The van der Waals surface area contributed by atoms with E-state index in [2.05, 4.69) is 46.9 Å². The van der Waals surface area contributed by atoms with E-state index >= 15 is 0 Å². The van der Waals surface area contributed by atoms with E-state index in [1.807, 2.05) is 6.92 Å². The second kappa shape index (κ2) is 9.62. The highest BCUT2D eigenvalue weighted by Gasteiger charge is 2.61. The molecule has 5 aliphatic rings. The fourth-order valence-corrected chi connectivity index (χ4v) is 11.0. The van der Waals surface area contributed by atoms with Crippen molar-refractivity contribution >= 4 is 11.9 Å². The second-order valence-corrected chi connectivity index (χ2v) is 15.5. The van der Waals surface area contributed by atoms with Crippen LogP contribution in [-0.2, 0) is 9.59 Å². The quantitative estimate of drug-likeness (QED) is 0.352. The van der Waals surface area contributed by atoms with E-state index in [1.54, 1.807) is 0 Å². The molecule has 0 amide bonds. The highest BCUT2D eigenvalue weighted by atomic mass is 16.4. The monoisotopic (exact) mass is 536 g/mol. The molecule has 0 aromatic heterocycles. The van der Waals surface area contributed by atoms with Gasteiger partial charge in [-0.1, -0.05) is 63.1 Å². The number of carboxylic acid groups (broad SMARTS) is 2. The molecule has 0 saturated heterocycles. The fourth-order valence-electron chi connectivity index (χ4n) is 11.0. The lowest BCUT2D eigenvalue weighted by Gasteiger charge is -2.59. The molecule has 0 aromatic carbocycles. The van der Waals surface area contributed by atoms with E-state index in [4.69, 9.17) is 0 Å². The van der Waals surface area contributed by atoms with Gasteiger partial charge in [-0.3, -0.25) is 9.59 Å². The summed E-state index contributed by atoms with van der Waals surface area (Å²) in [7, 11) is 0. The molecule has 5 aliphatic carbocycles. The van der Waals surface area contributed by atoms with Crippen LogP contribution in [0.2, 0.25) is 0 Å². The Balaban J connectivity index is 1.54. The first kappa shape index (κ1) is 28.7. The Morgan fingerprint density at radius 1 is 0.923 bits per heavy atom. The smallest absolute Gasteiger partial charge is 0.310 e. The molecule has 0 unspecified atom stereocenters. The zero-order valence-electron chi connectivity index (χ0n) is 25.2. The largest absolute Gasteiger partial charge is 0.481 e. The minimum Gasteiger partial charge on any atom is -0.481 e. The molecule has 2 N–H and O–H groups in total. The molecule has 4 fully saturated rings. The van der Waals surface area contributed by atoms with Crippen molar-refractivity contribution in [3.05, 3.63) is 36.0 Å². The van der Waals surface area contributed by atoms with Crippen molar-refractivity contribution in [3.8, 4) is 0 Å². The molecule has 216 valence electrons. The lowest BCUT2D eigenvalue weighted by Crippen LogP contribution is -2.55. The average molecular weight is 537 g/mol. The van der Waals surface area contributed by atoms with Gasteiger partial charge in [0.05, 0.1) is 10.8 Å². The Morgan fingerprint density at radius 2 is 1.62 bits per heavy atom. The summed E-state index contributed by atoms with van der Waals surface area (Å²) in [5, 5.41) is 21.5. The Labute approximate surface area is 236 Å². The Hall–Kier alpha value is -1.84. The van der Waals surface area contributed by atoms with E-state index < -0.39 is 22.8 Å². The van der Waals surface area contributed by atoms with Gasteiger partial charge in [-0.2, -0.15) is 0 Å². The number of carboxylic acids is 2. The number of aliphatic carboxylic acids is 2. The summed E-state index contributed by atoms with van der Waals surface area (Å²) in [5.41, 5.74) is 2.36. The maximum atomic E-state index is 13.6. The standard InChI is InChI=1S/C35H52O4/c1-21-9-12-24-13-10-23(3)28(35(24,31(38)39)18-15-26-25(21)20-32(26,4)5)19-27-22(2)11-14-29-33(27,6)16-8-17-34(29,7)30(36)37/h10,24-29H,1-2,8-9,11-20H2,3-7H3,(H,36,37)(H,38,39)/t24-,25+,26+,27+,28+,29+,33+,34-,35-/m0/s1. The van der Waals surface area contributed by atoms with Gasteiger partial charge >= 0.3 is 11.9 Å². The van der Waals surface area contributed by atoms with E-state index in [1.165, 1.54) is 23.1 Å². The van der Waals surface area contributed by atoms with Gasteiger partial charge in [-0.15, -0.1) is 0 Å². The van der Waals surface area contributed by atoms with Crippen molar-refractivity contribution < 1.29 is 19.8 Å². The first-order chi connectivity index (χ1) is 18.2. The van der Waals surface area contributed by atoms with Gasteiger partial charge in [0.1, 0.15) is 0 Å². The molecule has 4 saturated carbocycles. The van der Waals surface area contributed by atoms with Crippen LogP contribution < -0.4 is 0 Å². The maximum Gasteiger partial charge on any atom is 0.310 e. The van der Waals surface area contributed by atoms with E-state index in [0.29, 0.717) is 11.8 Å². The van der Waals surface area contributed by atoms with E-state index in [0.717, 1.165) is 70.6 Å². The van der Waals surface area contributed by atoms with Crippen LogP contribution in [0.25, 0.3) is 0 Å². The van der Waals surface area contributed by atoms with Crippen LogP contribution in [0.4, 0.5) is 0 Å². The van der Waals surface area contributed by atoms with Crippen molar-refractivity contribution in [3.63, 3.8) is 0 Å². The van der Waals surface area contributed by atoms with Crippen molar-refractivity contribution in [2.24, 2.45) is 57.2 Å². The van der Waals surface area contributed by atoms with Gasteiger partial charge < -0.3 is 10.2 Å². The highest BCUT2D eigenvalue weighted by molar-refractivity contribution is 5.77. The summed E-state index contributed by atoms with van der Waals surface area (Å²) >= 11 is 0. The van der Waals surface area contributed by atoms with Crippen LogP contribution in [0.5, 0.6) is 0 Å². The van der Waals surface area contributed by atoms with Gasteiger partial charge in [-0.05, 0) is 131 Å². The summed E-state index contributed by atoms with van der Waals surface area (Å²) in [6.45, 7) is 20.2. The number of fused-ring (bicyclic) bond motifs is 3. The number of hydrogen-bond acceptors (Lipinski definition) is 2. The van der Waals surface area contributed by atoms with Crippen molar-refractivity contribution in [2.75, 3.05) is 0 Å². The van der Waals surface area contributed by atoms with Crippen LogP contribution in [0.15, 0.2) is 36.0 Å². The summed E-state index contributed by atoms with van der Waals surface area (Å²) in [5.74, 6) is 0.0584. The number of allylic oxidation sites excluding steroid dienone is 4. The summed E-state index contributed by atoms with van der Waals surface area (Å²) in [6.07, 6.45) is 13.0. The number of rotatable bonds is 4. The minimum absolute atomic E-state index is 0.0444. The molecule has 0 aliphatic heterocycles. The molecule has 0 bridgehead atoms. The molecular formula is C35H52O4. The van der Waals surface area contributed by atoms with Gasteiger partial charge in [0.2, 0.25) is 0 Å². The van der Waals surface area contributed by atoms with Crippen molar-refractivity contribution in [1.29, 1.82) is 0 Å². The summed E-state index contributed by atoms with van der Waals surface area (Å²) in [6, 6.07) is 0. The third-order valence-corrected chi connectivity index (χ3v) is 13.4. The van der Waals surface area contributed by atoms with E-state index in [9.17, 15) is 19.8 Å². The minimum atomic E-state index is -0.784. The van der Waals surface area contributed by atoms with Gasteiger partial charge in [-0.25, -0.2) is 0 Å². The predicted molar refractivity (Wildman–Crippen MR) is 156 cm³/mol. The topological polar surface area (TPSA) is 74.6 Å². The van der Waals surface area contributed by atoms with Crippen LogP contribution in [0.3, 0.4) is 0 Å². The van der Waals surface area contributed by atoms with Crippen LogP contribution in [0.1, 0.15) is 112 Å². The van der Waals surface area contributed by atoms with Gasteiger partial charge in [0.25, 0.3) is 0 Å². The van der Waals surface area contributed by atoms with Crippen molar-refractivity contribution in [2.45, 2.75) is 112 Å². The van der Waals surface area contributed by atoms with Crippen LogP contribution >= 0.6 is 0 Å². The number of hydrogen-bond donors (Lipinski definition) is 2. The Morgan fingerprint density at radius 3 is 2.26 bits per heavy atom. The van der Waals surface area contributed by atoms with Crippen LogP contribution in [0, 0.1) is 57.2 Å². The lowest BCUT2D eigenvalue weighted by molar-refractivity contribution is -0.166. The molecule has 0 spiro atoms. The van der Waals surface area contributed by atoms with Crippen LogP contribution in [-0.4, -0.2) is 22.2 Å². The number of carbonyl (C=O) groups is 2. The molecule has 5 rings (SSSR count). The Kier molecular flexibility index (Phi) is 7.08. The SMILES string of the molecule is C=C1CC[C@H]2CC=C(C)[C@@H](C[C@@H]3C(=C)CC[C@@H]4[C@]3(C)CCC[C@]4(C)C(=O)O)[C@]2(C(=O)O)CC[C@@H]2[C@@H]1CC2(C)C. The maximum absolute atomic E-state index is 13.6. The Bertz CT molecular complexity index is 1100. The third-order valence-electron chi connectivity index (χ3n) is 13.4. The van der Waals surface area contributed by atoms with E-state index in [-0.39, 0.29) is 34.5 Å². The third kappa shape index (κ3) is 4.21. The molecule has 39 heavy (non-hydrogen) atoms. The van der Waals surface area contributed by atoms with Crippen molar-refractivity contribution in [1.82, 2.24) is 0 Å². The summed E-state index contributed by atoms with van der Waals surface area (Å²) < 4.78 is 0. The lowest BCUT2D eigenvalue weighted by atomic mass is 9.44. The molecule has 4 heteroatoms. The predicted octanol–water partition coefficient (Wildman–Crippen LogP) is 8.69. The zero-order chi connectivity index (χ0) is 28.5. The summed E-state index contributed by atoms with van der Waals surface area (Å²) in [4.78, 5) is 26.2. The fraction of sp³-hybridized carbons (Fsp3) is 0.771. The second-order valence-electron chi connectivity index (χ2n) is 15.5. The first-order valence-corrected chi connectivity index (χ1v) is 15.7. The zero-order valence-corrected chi connectivity index (χ0v) is 25.2. The normalized spacial score (nSPS) is 45.7. The molecule has 0 heterocycles. The highest BCUT2D eigenvalue weighted by Crippen LogP contribution is 2.65. The first-order valence-electron chi connectivity index (χ1n) is 15.7. The van der Waals surface area contributed by atoms with Gasteiger partial charge in [0.15, 0.2) is 0 Å². The molecular weight excluding hydrogens is 484 g/mol.